The van der Waals surface area contributed by atoms with E-state index in [1.54, 1.807) is 16.3 Å². The maximum Gasteiger partial charge on any atom is 0.278 e. The average molecular weight is 430 g/mol. The van der Waals surface area contributed by atoms with Crippen LogP contribution in [-0.2, 0) is 7.05 Å². The molecule has 0 atom stereocenters. The molecule has 0 unspecified atom stereocenters. The fourth-order valence-corrected chi connectivity index (χ4v) is 5.45. The van der Waals surface area contributed by atoms with E-state index in [4.69, 9.17) is 5.10 Å². The summed E-state index contributed by atoms with van der Waals surface area (Å²) < 4.78 is 3.52. The Morgan fingerprint density at radius 1 is 1.27 bits per heavy atom. The minimum Gasteiger partial charge on any atom is -0.294 e. The molecular weight excluding hydrogens is 394 g/mol. The van der Waals surface area contributed by atoms with Gasteiger partial charge in [-0.1, -0.05) is 20.3 Å². The number of fused-ring (bicyclic) bond motifs is 1. The highest BCUT2D eigenvalue weighted by atomic mass is 32.2. The second-order valence-corrected chi connectivity index (χ2v) is 9.18. The summed E-state index contributed by atoms with van der Waals surface area (Å²) in [6.07, 6.45) is 5.84. The second kappa shape index (κ2) is 9.96. The molecule has 0 aliphatic carbocycles. The van der Waals surface area contributed by atoms with E-state index in [1.807, 2.05) is 25.4 Å². The van der Waals surface area contributed by atoms with E-state index in [2.05, 4.69) is 36.5 Å². The molecule has 2 aromatic rings. The third kappa shape index (κ3) is 4.42. The molecule has 0 aromatic carbocycles. The Kier molecular flexibility index (Phi) is 7.58. The summed E-state index contributed by atoms with van der Waals surface area (Å²) in [5.41, 5.74) is 3.63. The fourth-order valence-electron chi connectivity index (χ4n) is 4.30. The highest BCUT2D eigenvalue weighted by Crippen LogP contribution is 2.32. The third-order valence-electron chi connectivity index (χ3n) is 6.24. The van der Waals surface area contributed by atoms with Gasteiger partial charge < -0.3 is 0 Å². The minimum absolute atomic E-state index is 0.00272. The first-order valence-electron chi connectivity index (χ1n) is 11.0. The molecule has 0 radical (unpaired) electrons. The topological polar surface area (TPSA) is 54.9 Å². The second-order valence-electron chi connectivity index (χ2n) is 8.23. The van der Waals surface area contributed by atoms with Crippen LogP contribution in [0.1, 0.15) is 75.9 Å². The normalized spacial score (nSPS) is 16.3. The minimum atomic E-state index is 0.00272. The average Bonchev–Trinajstić information content (AvgIpc) is 3.09. The highest BCUT2D eigenvalue weighted by molar-refractivity contribution is 8.08. The standard InChI is InChI=1S/C23H35N5OS/c1-7-18(8-2)19-14-16(3)28-20(19)23(29)26(6)22(25-28)21(17(4)24-5)30-15-27-12-10-9-11-13-27/h14,18H,5,7-13,15H2,1-4,6H3/b21-17-. The molecule has 2 aromatic heterocycles. The van der Waals surface area contributed by atoms with Crippen molar-refractivity contribution in [1.82, 2.24) is 19.1 Å². The number of rotatable bonds is 8. The summed E-state index contributed by atoms with van der Waals surface area (Å²) in [4.78, 5) is 21.0. The predicted octanol–water partition coefficient (Wildman–Crippen LogP) is 4.81. The van der Waals surface area contributed by atoms with Gasteiger partial charge >= 0.3 is 0 Å². The first-order chi connectivity index (χ1) is 14.4. The van der Waals surface area contributed by atoms with E-state index in [9.17, 15) is 4.79 Å². The lowest BCUT2D eigenvalue weighted by atomic mass is 9.95. The van der Waals surface area contributed by atoms with E-state index < -0.39 is 0 Å². The van der Waals surface area contributed by atoms with Gasteiger partial charge in [-0.05, 0) is 76.9 Å². The summed E-state index contributed by atoms with van der Waals surface area (Å²) in [6.45, 7) is 14.3. The van der Waals surface area contributed by atoms with Crippen molar-refractivity contribution in [2.24, 2.45) is 12.0 Å². The van der Waals surface area contributed by atoms with Gasteiger partial charge in [0, 0.05) is 18.6 Å². The first-order valence-corrected chi connectivity index (χ1v) is 12.0. The van der Waals surface area contributed by atoms with Crippen LogP contribution in [0.3, 0.4) is 0 Å². The Balaban J connectivity index is 2.08. The zero-order valence-electron chi connectivity index (χ0n) is 19.1. The lowest BCUT2D eigenvalue weighted by Crippen LogP contribution is -2.30. The maximum atomic E-state index is 13.5. The third-order valence-corrected chi connectivity index (χ3v) is 7.50. The van der Waals surface area contributed by atoms with Gasteiger partial charge in [-0.2, -0.15) is 0 Å². The van der Waals surface area contributed by atoms with E-state index in [0.29, 0.717) is 17.3 Å². The van der Waals surface area contributed by atoms with Crippen LogP contribution < -0.4 is 5.56 Å². The van der Waals surface area contributed by atoms with Crippen LogP contribution in [0.4, 0.5) is 0 Å². The molecule has 164 valence electrons. The van der Waals surface area contributed by atoms with Crippen molar-refractivity contribution in [3.63, 3.8) is 0 Å². The number of thioether (sulfide) groups is 1. The van der Waals surface area contributed by atoms with E-state index in [1.165, 1.54) is 19.3 Å². The van der Waals surface area contributed by atoms with Crippen LogP contribution in [-0.4, -0.2) is 44.8 Å². The molecule has 7 heteroatoms. The number of hydrogen-bond acceptors (Lipinski definition) is 5. The van der Waals surface area contributed by atoms with Gasteiger partial charge in [0.2, 0.25) is 0 Å². The number of aliphatic imine (C=N–C) groups is 1. The van der Waals surface area contributed by atoms with E-state index >= 15 is 0 Å². The van der Waals surface area contributed by atoms with Crippen molar-refractivity contribution < 1.29 is 0 Å². The number of allylic oxidation sites excluding steroid dienone is 1. The molecular formula is C23H35N5OS. The SMILES string of the molecule is C=N/C(C)=C(\SCN1CCCCC1)c1nn2c(C)cc(C(CC)CC)c2c(=O)n1C. The van der Waals surface area contributed by atoms with Crippen LogP contribution >= 0.6 is 11.8 Å². The van der Waals surface area contributed by atoms with Crippen molar-refractivity contribution in [2.45, 2.75) is 65.7 Å². The van der Waals surface area contributed by atoms with Crippen LogP contribution in [0, 0.1) is 6.92 Å². The molecule has 3 rings (SSSR count). The Bertz CT molecular complexity index is 993. The van der Waals surface area contributed by atoms with Crippen molar-refractivity contribution >= 4 is 28.9 Å². The molecule has 0 saturated carbocycles. The fraction of sp³-hybridized carbons (Fsp3) is 0.609. The van der Waals surface area contributed by atoms with Gasteiger partial charge in [-0.3, -0.25) is 19.3 Å². The molecule has 1 saturated heterocycles. The molecule has 0 N–H and O–H groups in total. The Morgan fingerprint density at radius 2 is 1.93 bits per heavy atom. The Labute approximate surface area is 184 Å². The number of hydrogen-bond donors (Lipinski definition) is 0. The molecule has 1 aliphatic heterocycles. The number of likely N-dealkylation sites (tertiary alicyclic amines) is 1. The summed E-state index contributed by atoms with van der Waals surface area (Å²) >= 11 is 1.71. The molecule has 3 heterocycles. The molecule has 1 aliphatic rings. The van der Waals surface area contributed by atoms with Gasteiger partial charge in [0.05, 0.1) is 10.6 Å². The summed E-state index contributed by atoms with van der Waals surface area (Å²) in [5, 5.41) is 4.93. The number of aromatic nitrogens is 3. The quantitative estimate of drug-likeness (QED) is 0.565. The number of piperidine rings is 1. The van der Waals surface area contributed by atoms with Gasteiger partial charge in [-0.15, -0.1) is 16.9 Å². The summed E-state index contributed by atoms with van der Waals surface area (Å²) in [5.74, 6) is 1.91. The largest absolute Gasteiger partial charge is 0.294 e. The zero-order chi connectivity index (χ0) is 21.8. The lowest BCUT2D eigenvalue weighted by Gasteiger charge is -2.26. The lowest BCUT2D eigenvalue weighted by molar-refractivity contribution is 0.266. The number of aryl methyl sites for hydroxylation is 1. The van der Waals surface area contributed by atoms with Crippen LogP contribution in [0.25, 0.3) is 10.4 Å². The van der Waals surface area contributed by atoms with Crippen molar-refractivity contribution in [1.29, 1.82) is 0 Å². The Hall–Kier alpha value is -1.86. The number of nitrogens with zero attached hydrogens (tertiary/aromatic N) is 5. The van der Waals surface area contributed by atoms with Gasteiger partial charge in [0.25, 0.3) is 5.56 Å². The highest BCUT2D eigenvalue weighted by Gasteiger charge is 2.22. The Morgan fingerprint density at radius 3 is 2.53 bits per heavy atom. The van der Waals surface area contributed by atoms with Crippen molar-refractivity contribution in [2.75, 3.05) is 19.0 Å². The van der Waals surface area contributed by atoms with E-state index in [-0.39, 0.29) is 5.56 Å². The smallest absolute Gasteiger partial charge is 0.278 e. The van der Waals surface area contributed by atoms with Gasteiger partial charge in [0.15, 0.2) is 5.82 Å². The van der Waals surface area contributed by atoms with Gasteiger partial charge in [-0.25, -0.2) is 4.52 Å². The monoisotopic (exact) mass is 429 g/mol. The molecule has 0 spiro atoms. The summed E-state index contributed by atoms with van der Waals surface area (Å²) in [7, 11) is 1.82. The van der Waals surface area contributed by atoms with Crippen molar-refractivity contribution in [3.8, 4) is 0 Å². The predicted molar refractivity (Wildman–Crippen MR) is 129 cm³/mol. The summed E-state index contributed by atoms with van der Waals surface area (Å²) in [6, 6.07) is 2.13. The molecule has 0 bridgehead atoms. The molecule has 6 nitrogen and oxygen atoms in total. The molecule has 0 amide bonds. The molecule has 1 fully saturated rings. The molecule has 30 heavy (non-hydrogen) atoms. The first kappa shape index (κ1) is 22.8. The van der Waals surface area contributed by atoms with Crippen molar-refractivity contribution in [3.05, 3.63) is 39.2 Å². The van der Waals surface area contributed by atoms with Crippen LogP contribution in [0.5, 0.6) is 0 Å². The van der Waals surface area contributed by atoms with Crippen LogP contribution in [0.15, 0.2) is 21.6 Å². The maximum absolute atomic E-state index is 13.5. The zero-order valence-corrected chi connectivity index (χ0v) is 19.9. The van der Waals surface area contributed by atoms with Crippen LogP contribution in [0.2, 0.25) is 0 Å². The van der Waals surface area contributed by atoms with E-state index in [0.717, 1.165) is 53.7 Å². The van der Waals surface area contributed by atoms with Gasteiger partial charge in [0.1, 0.15) is 5.52 Å².